The third-order valence-electron chi connectivity index (χ3n) is 3.21. The maximum absolute atomic E-state index is 12.4. The fourth-order valence-electron chi connectivity index (χ4n) is 2.19. The number of aromatic amines is 1. The van der Waals surface area contributed by atoms with Gasteiger partial charge in [0.05, 0.1) is 11.6 Å². The van der Waals surface area contributed by atoms with E-state index in [1.54, 1.807) is 6.07 Å². The fourth-order valence-corrected chi connectivity index (χ4v) is 2.32. The van der Waals surface area contributed by atoms with Crippen LogP contribution in [0, 0.1) is 6.92 Å². The molecule has 2 aromatic heterocycles. The number of amides is 1. The first-order valence-corrected chi connectivity index (χ1v) is 7.16. The summed E-state index contributed by atoms with van der Waals surface area (Å²) in [7, 11) is 0. The second kappa shape index (κ2) is 5.65. The number of anilines is 1. The minimum absolute atomic E-state index is 0.107. The molecular weight excluding hydrogens is 304 g/mol. The second-order valence-corrected chi connectivity index (χ2v) is 5.16. The van der Waals surface area contributed by atoms with Crippen LogP contribution >= 0.6 is 11.6 Å². The van der Waals surface area contributed by atoms with Crippen LogP contribution < -0.4 is 10.9 Å². The lowest BCUT2D eigenvalue weighted by Crippen LogP contribution is -2.17. The van der Waals surface area contributed by atoms with Gasteiger partial charge >= 0.3 is 0 Å². The number of rotatable bonds is 3. The van der Waals surface area contributed by atoms with Crippen molar-refractivity contribution in [2.45, 2.75) is 12.8 Å². The van der Waals surface area contributed by atoms with Gasteiger partial charge in [-0.15, -0.1) is 11.6 Å². The zero-order chi connectivity index (χ0) is 15.7. The van der Waals surface area contributed by atoms with Crippen molar-refractivity contribution < 1.29 is 4.79 Å². The number of hydrogen-bond acceptors (Lipinski definition) is 3. The van der Waals surface area contributed by atoms with Crippen LogP contribution in [0.5, 0.6) is 0 Å². The number of fused-ring (bicyclic) bond motifs is 1. The van der Waals surface area contributed by atoms with Gasteiger partial charge in [-0.25, -0.2) is 9.50 Å². The van der Waals surface area contributed by atoms with E-state index in [0.29, 0.717) is 11.4 Å². The number of aromatic nitrogens is 3. The molecule has 0 aliphatic rings. The molecule has 6 nitrogen and oxygen atoms in total. The van der Waals surface area contributed by atoms with E-state index in [1.807, 2.05) is 25.1 Å². The van der Waals surface area contributed by atoms with Crippen LogP contribution in [-0.2, 0) is 5.88 Å². The first kappa shape index (κ1) is 14.3. The van der Waals surface area contributed by atoms with E-state index < -0.39 is 0 Å². The molecule has 0 spiro atoms. The molecule has 7 heteroatoms. The molecule has 2 heterocycles. The summed E-state index contributed by atoms with van der Waals surface area (Å²) in [5, 5.41) is 5.51. The van der Waals surface area contributed by atoms with Gasteiger partial charge in [-0.05, 0) is 24.6 Å². The molecule has 0 aliphatic carbocycles. The zero-order valence-electron chi connectivity index (χ0n) is 11.8. The van der Waals surface area contributed by atoms with Crippen LogP contribution in [0.4, 0.5) is 5.69 Å². The van der Waals surface area contributed by atoms with E-state index in [0.717, 1.165) is 5.56 Å². The Balaban J connectivity index is 2.01. The average molecular weight is 317 g/mol. The number of carbonyl (C=O) groups excluding carboxylic acids is 1. The average Bonchev–Trinajstić information content (AvgIpc) is 2.91. The van der Waals surface area contributed by atoms with Gasteiger partial charge < -0.3 is 5.32 Å². The molecule has 0 bridgehead atoms. The summed E-state index contributed by atoms with van der Waals surface area (Å²) in [6.07, 6.45) is 1.45. The van der Waals surface area contributed by atoms with Crippen molar-refractivity contribution in [2.75, 3.05) is 5.32 Å². The zero-order valence-corrected chi connectivity index (χ0v) is 12.5. The molecule has 0 fully saturated rings. The quantitative estimate of drug-likeness (QED) is 0.728. The predicted molar refractivity (Wildman–Crippen MR) is 84.5 cm³/mol. The van der Waals surface area contributed by atoms with E-state index >= 15 is 0 Å². The smallest absolute Gasteiger partial charge is 0.272 e. The third-order valence-corrected chi connectivity index (χ3v) is 3.48. The summed E-state index contributed by atoms with van der Waals surface area (Å²) in [4.78, 5) is 28.5. The molecule has 0 atom stereocenters. The molecular formula is C15H13ClN4O2. The van der Waals surface area contributed by atoms with Crippen LogP contribution in [0.1, 0.15) is 21.6 Å². The first-order chi connectivity index (χ1) is 10.6. The van der Waals surface area contributed by atoms with Crippen molar-refractivity contribution in [3.8, 4) is 0 Å². The molecule has 0 saturated heterocycles. The Morgan fingerprint density at radius 2 is 2.23 bits per heavy atom. The Bertz CT molecular complexity index is 913. The molecule has 0 saturated carbocycles. The Morgan fingerprint density at radius 3 is 2.95 bits per heavy atom. The van der Waals surface area contributed by atoms with E-state index in [4.69, 9.17) is 11.6 Å². The van der Waals surface area contributed by atoms with Crippen LogP contribution in [0.3, 0.4) is 0 Å². The summed E-state index contributed by atoms with van der Waals surface area (Å²) in [6.45, 7) is 1.94. The molecule has 1 amide bonds. The van der Waals surface area contributed by atoms with Crippen molar-refractivity contribution in [2.24, 2.45) is 0 Å². The molecule has 1 aromatic carbocycles. The monoisotopic (exact) mass is 316 g/mol. The second-order valence-electron chi connectivity index (χ2n) is 4.89. The van der Waals surface area contributed by atoms with Crippen LogP contribution in [0.15, 0.2) is 41.3 Å². The maximum atomic E-state index is 12.4. The number of alkyl halides is 1. The van der Waals surface area contributed by atoms with E-state index in [9.17, 15) is 9.59 Å². The lowest BCUT2D eigenvalue weighted by Gasteiger charge is -2.05. The van der Waals surface area contributed by atoms with Gasteiger partial charge in [0.1, 0.15) is 5.56 Å². The van der Waals surface area contributed by atoms with Gasteiger partial charge in [0.25, 0.3) is 11.5 Å². The molecule has 2 N–H and O–H groups in total. The Morgan fingerprint density at radius 1 is 1.41 bits per heavy atom. The van der Waals surface area contributed by atoms with Crippen LogP contribution in [0.2, 0.25) is 0 Å². The minimum atomic E-state index is -0.344. The normalized spacial score (nSPS) is 10.8. The number of H-pyrrole nitrogens is 1. The Labute approximate surface area is 130 Å². The van der Waals surface area contributed by atoms with Crippen molar-refractivity contribution in [3.63, 3.8) is 0 Å². The highest BCUT2D eigenvalue weighted by Crippen LogP contribution is 2.13. The van der Waals surface area contributed by atoms with Crippen molar-refractivity contribution >= 4 is 28.8 Å². The number of aryl methyl sites for hydroxylation is 1. The molecule has 3 aromatic rings. The van der Waals surface area contributed by atoms with Crippen molar-refractivity contribution in [3.05, 3.63) is 63.7 Å². The molecule has 112 valence electrons. The molecule has 0 radical (unpaired) electrons. The van der Waals surface area contributed by atoms with Gasteiger partial charge in [-0.1, -0.05) is 12.1 Å². The fraction of sp³-hybridized carbons (Fsp3) is 0.133. The molecule has 0 unspecified atom stereocenters. The molecule has 0 aliphatic heterocycles. The van der Waals surface area contributed by atoms with E-state index in [1.165, 1.54) is 16.8 Å². The summed E-state index contributed by atoms with van der Waals surface area (Å²) in [6, 6.07) is 8.78. The van der Waals surface area contributed by atoms with Gasteiger partial charge in [0.2, 0.25) is 0 Å². The lowest BCUT2D eigenvalue weighted by molar-refractivity contribution is 0.102. The van der Waals surface area contributed by atoms with Gasteiger partial charge in [-0.2, -0.15) is 0 Å². The van der Waals surface area contributed by atoms with E-state index in [2.05, 4.69) is 15.4 Å². The number of benzene rings is 1. The Hall–Kier alpha value is -2.60. The Kier molecular flexibility index (Phi) is 3.68. The topological polar surface area (TPSA) is 79.3 Å². The lowest BCUT2D eigenvalue weighted by atomic mass is 10.2. The van der Waals surface area contributed by atoms with Gasteiger partial charge in [-0.3, -0.25) is 14.7 Å². The van der Waals surface area contributed by atoms with Crippen molar-refractivity contribution in [1.82, 2.24) is 14.6 Å². The predicted octanol–water partition coefficient (Wildman–Crippen LogP) is 2.32. The van der Waals surface area contributed by atoms with Crippen molar-refractivity contribution in [1.29, 1.82) is 0 Å². The summed E-state index contributed by atoms with van der Waals surface area (Å²) >= 11 is 5.72. The van der Waals surface area contributed by atoms with Gasteiger partial charge in [0, 0.05) is 18.0 Å². The summed E-state index contributed by atoms with van der Waals surface area (Å²) < 4.78 is 1.21. The highest BCUT2D eigenvalue weighted by molar-refractivity contribution is 6.17. The van der Waals surface area contributed by atoms with E-state index in [-0.39, 0.29) is 28.6 Å². The summed E-state index contributed by atoms with van der Waals surface area (Å²) in [5.41, 5.74) is 2.38. The largest absolute Gasteiger partial charge is 0.322 e. The number of hydrogen-bond donors (Lipinski definition) is 2. The first-order valence-electron chi connectivity index (χ1n) is 6.62. The number of nitrogens with one attached hydrogen (secondary N) is 2. The standard InChI is InChI=1S/C15H13ClN4O2/c1-9-3-2-4-10(5-9)19-15(22)12-8-17-20-13(21)6-11(7-16)18-14(12)20/h2-6,8,17H,7H2,1H3,(H,19,22). The maximum Gasteiger partial charge on any atom is 0.272 e. The highest BCUT2D eigenvalue weighted by atomic mass is 35.5. The molecule has 22 heavy (non-hydrogen) atoms. The molecule has 3 rings (SSSR count). The third kappa shape index (κ3) is 2.60. The summed E-state index contributed by atoms with van der Waals surface area (Å²) in [5.74, 6) is -0.237. The number of carbonyl (C=O) groups is 1. The van der Waals surface area contributed by atoms with Crippen LogP contribution in [-0.4, -0.2) is 20.5 Å². The van der Waals surface area contributed by atoms with Crippen LogP contribution in [0.25, 0.3) is 5.65 Å². The highest BCUT2D eigenvalue weighted by Gasteiger charge is 2.15. The number of halogens is 1. The minimum Gasteiger partial charge on any atom is -0.322 e. The number of nitrogens with zero attached hydrogens (tertiary/aromatic N) is 2. The van der Waals surface area contributed by atoms with Gasteiger partial charge in [0.15, 0.2) is 5.65 Å². The SMILES string of the molecule is Cc1cccc(NC(=O)c2c[nH]n3c(=O)cc(CCl)nc23)c1.